The molecule has 0 atom stereocenters. The van der Waals surface area contributed by atoms with Crippen molar-refractivity contribution in [2.24, 2.45) is 0 Å². The van der Waals surface area contributed by atoms with Crippen LogP contribution in [-0.2, 0) is 6.54 Å². The van der Waals surface area contributed by atoms with Gasteiger partial charge in [0, 0.05) is 18.5 Å². The van der Waals surface area contributed by atoms with Crippen LogP contribution < -0.4 is 0 Å². The van der Waals surface area contributed by atoms with E-state index >= 15 is 0 Å². The molecule has 98 valence electrons. The van der Waals surface area contributed by atoms with Gasteiger partial charge < -0.3 is 9.67 Å². The summed E-state index contributed by atoms with van der Waals surface area (Å²) in [5.74, 6) is -1.05. The van der Waals surface area contributed by atoms with Crippen LogP contribution >= 0.6 is 11.6 Å². The maximum Gasteiger partial charge on any atom is 0.337 e. The normalized spacial score (nSPS) is 10.4. The van der Waals surface area contributed by atoms with Gasteiger partial charge in [0.25, 0.3) is 5.69 Å². The second kappa shape index (κ2) is 5.11. The summed E-state index contributed by atoms with van der Waals surface area (Å²) in [5, 5.41) is 20.0. The standard InChI is InChI=1S/C12H9ClN2O4/c13-10-2-1-3-11(15(18)19)9(10)7-14-5-4-8(6-14)12(16)17/h1-6H,7H2,(H,16,17). The first-order chi connectivity index (χ1) is 8.99. The SMILES string of the molecule is O=C(O)c1ccn(Cc2c(Cl)cccc2[N+](=O)[O-])c1. The molecule has 0 saturated carbocycles. The number of hydrogen-bond donors (Lipinski definition) is 1. The number of hydrogen-bond acceptors (Lipinski definition) is 3. The smallest absolute Gasteiger partial charge is 0.337 e. The van der Waals surface area contributed by atoms with Crippen molar-refractivity contribution in [3.8, 4) is 0 Å². The molecule has 0 fully saturated rings. The number of rotatable bonds is 4. The van der Waals surface area contributed by atoms with Gasteiger partial charge >= 0.3 is 5.97 Å². The predicted octanol–water partition coefficient (Wildman–Crippen LogP) is 2.80. The Hall–Kier alpha value is -2.34. The van der Waals surface area contributed by atoms with Gasteiger partial charge in [-0.15, -0.1) is 0 Å². The number of nitro groups is 1. The van der Waals surface area contributed by atoms with E-state index in [1.54, 1.807) is 6.07 Å². The highest BCUT2D eigenvalue weighted by Crippen LogP contribution is 2.27. The average Bonchev–Trinajstić information content (AvgIpc) is 2.80. The topological polar surface area (TPSA) is 85.4 Å². The zero-order chi connectivity index (χ0) is 14.0. The summed E-state index contributed by atoms with van der Waals surface area (Å²) >= 11 is 5.96. The number of nitrogens with zero attached hydrogens (tertiary/aromatic N) is 2. The number of carboxylic acid groups (broad SMARTS) is 1. The lowest BCUT2D eigenvalue weighted by Gasteiger charge is -2.06. The van der Waals surface area contributed by atoms with Gasteiger partial charge in [-0.2, -0.15) is 0 Å². The molecule has 6 nitrogen and oxygen atoms in total. The quantitative estimate of drug-likeness (QED) is 0.689. The number of aromatic nitrogens is 1. The Balaban J connectivity index is 2.37. The maximum atomic E-state index is 10.9. The zero-order valence-corrected chi connectivity index (χ0v) is 10.4. The molecular formula is C12H9ClN2O4. The molecule has 0 saturated heterocycles. The van der Waals surface area contributed by atoms with Crippen LogP contribution in [0, 0.1) is 10.1 Å². The van der Waals surface area contributed by atoms with E-state index in [2.05, 4.69) is 0 Å². The van der Waals surface area contributed by atoms with Crippen LogP contribution in [-0.4, -0.2) is 20.6 Å². The Morgan fingerprint density at radius 3 is 2.74 bits per heavy atom. The molecule has 0 aliphatic rings. The second-order valence-electron chi connectivity index (χ2n) is 3.87. The minimum absolute atomic E-state index is 0.0851. The van der Waals surface area contributed by atoms with Crippen LogP contribution in [0.15, 0.2) is 36.7 Å². The molecule has 0 spiro atoms. The van der Waals surface area contributed by atoms with Crippen molar-refractivity contribution < 1.29 is 14.8 Å². The van der Waals surface area contributed by atoms with E-state index in [0.717, 1.165) is 0 Å². The van der Waals surface area contributed by atoms with Crippen LogP contribution in [0.5, 0.6) is 0 Å². The molecule has 0 radical (unpaired) electrons. The fraction of sp³-hybridized carbons (Fsp3) is 0.0833. The van der Waals surface area contributed by atoms with E-state index in [1.165, 1.54) is 35.2 Å². The number of carboxylic acids is 1. The maximum absolute atomic E-state index is 10.9. The Bertz CT molecular complexity index is 651. The highest BCUT2D eigenvalue weighted by Gasteiger charge is 2.17. The molecule has 0 aliphatic carbocycles. The highest BCUT2D eigenvalue weighted by molar-refractivity contribution is 6.31. The molecule has 0 amide bonds. The monoisotopic (exact) mass is 280 g/mol. The zero-order valence-electron chi connectivity index (χ0n) is 9.62. The summed E-state index contributed by atoms with van der Waals surface area (Å²) in [5.41, 5.74) is 0.384. The van der Waals surface area contributed by atoms with Gasteiger partial charge in [0.15, 0.2) is 0 Å². The van der Waals surface area contributed by atoms with E-state index < -0.39 is 10.9 Å². The first kappa shape index (κ1) is 13.1. The van der Waals surface area contributed by atoms with Crippen LogP contribution in [0.3, 0.4) is 0 Å². The molecule has 0 bridgehead atoms. The van der Waals surface area contributed by atoms with Gasteiger partial charge in [-0.1, -0.05) is 17.7 Å². The van der Waals surface area contributed by atoms with Gasteiger partial charge in [-0.3, -0.25) is 10.1 Å². The molecule has 0 unspecified atom stereocenters. The molecule has 0 aliphatic heterocycles. The van der Waals surface area contributed by atoms with E-state index in [9.17, 15) is 14.9 Å². The fourth-order valence-electron chi connectivity index (χ4n) is 1.72. The van der Waals surface area contributed by atoms with Crippen molar-refractivity contribution in [2.45, 2.75) is 6.54 Å². The first-order valence-corrected chi connectivity index (χ1v) is 5.67. The largest absolute Gasteiger partial charge is 0.478 e. The van der Waals surface area contributed by atoms with Crippen molar-refractivity contribution in [1.82, 2.24) is 4.57 Å². The van der Waals surface area contributed by atoms with Crippen LogP contribution in [0.2, 0.25) is 5.02 Å². The second-order valence-corrected chi connectivity index (χ2v) is 4.28. The van der Waals surface area contributed by atoms with Crippen molar-refractivity contribution >= 4 is 23.3 Å². The molecule has 1 N–H and O–H groups in total. The Morgan fingerprint density at radius 2 is 2.16 bits per heavy atom. The number of nitro benzene ring substituents is 1. The third-order valence-electron chi connectivity index (χ3n) is 2.63. The fourth-order valence-corrected chi connectivity index (χ4v) is 1.95. The predicted molar refractivity (Wildman–Crippen MR) is 68.6 cm³/mol. The minimum Gasteiger partial charge on any atom is -0.478 e. The van der Waals surface area contributed by atoms with Crippen molar-refractivity contribution in [1.29, 1.82) is 0 Å². The summed E-state index contributed by atoms with van der Waals surface area (Å²) in [6, 6.07) is 5.85. The molecule has 7 heteroatoms. The molecule has 2 aromatic rings. The number of aromatic carboxylic acids is 1. The molecule has 1 aromatic heterocycles. The van der Waals surface area contributed by atoms with Gasteiger partial charge in [0.1, 0.15) is 0 Å². The molecular weight excluding hydrogens is 272 g/mol. The highest BCUT2D eigenvalue weighted by atomic mass is 35.5. The lowest BCUT2D eigenvalue weighted by Crippen LogP contribution is -2.02. The lowest BCUT2D eigenvalue weighted by atomic mass is 10.2. The third-order valence-corrected chi connectivity index (χ3v) is 2.98. The average molecular weight is 281 g/mol. The van der Waals surface area contributed by atoms with Gasteiger partial charge in [0.05, 0.1) is 27.6 Å². The van der Waals surface area contributed by atoms with E-state index in [1.807, 2.05) is 0 Å². The van der Waals surface area contributed by atoms with E-state index in [4.69, 9.17) is 16.7 Å². The van der Waals surface area contributed by atoms with Crippen molar-refractivity contribution in [3.63, 3.8) is 0 Å². The van der Waals surface area contributed by atoms with E-state index in [0.29, 0.717) is 5.56 Å². The summed E-state index contributed by atoms with van der Waals surface area (Å²) < 4.78 is 1.54. The van der Waals surface area contributed by atoms with Crippen LogP contribution in [0.4, 0.5) is 5.69 Å². The van der Waals surface area contributed by atoms with Gasteiger partial charge in [-0.05, 0) is 12.1 Å². The Labute approximate surface area is 113 Å². The number of benzene rings is 1. The Kier molecular flexibility index (Phi) is 3.52. The first-order valence-electron chi connectivity index (χ1n) is 5.30. The van der Waals surface area contributed by atoms with Gasteiger partial charge in [-0.25, -0.2) is 4.79 Å². The summed E-state index contributed by atoms with van der Waals surface area (Å²) in [7, 11) is 0. The van der Waals surface area contributed by atoms with E-state index in [-0.39, 0.29) is 22.8 Å². The number of carbonyl (C=O) groups is 1. The molecule has 1 heterocycles. The minimum atomic E-state index is -1.05. The van der Waals surface area contributed by atoms with Crippen molar-refractivity contribution in [3.05, 3.63) is 62.9 Å². The van der Waals surface area contributed by atoms with Gasteiger partial charge in [0.2, 0.25) is 0 Å². The third kappa shape index (κ3) is 2.74. The molecule has 19 heavy (non-hydrogen) atoms. The molecule has 1 aromatic carbocycles. The summed E-state index contributed by atoms with van der Waals surface area (Å²) in [6.07, 6.45) is 2.94. The molecule has 2 rings (SSSR count). The van der Waals surface area contributed by atoms with Crippen LogP contribution in [0.1, 0.15) is 15.9 Å². The summed E-state index contributed by atoms with van der Waals surface area (Å²) in [6.45, 7) is 0.142. The van der Waals surface area contributed by atoms with Crippen molar-refractivity contribution in [2.75, 3.05) is 0 Å². The summed E-state index contributed by atoms with van der Waals surface area (Å²) in [4.78, 5) is 21.2. The lowest BCUT2D eigenvalue weighted by molar-refractivity contribution is -0.385. The van der Waals surface area contributed by atoms with Crippen LogP contribution in [0.25, 0.3) is 0 Å². The Morgan fingerprint density at radius 1 is 1.42 bits per heavy atom. The number of halogens is 1.